The number of nitrogens with one attached hydrogen (secondary N) is 1. The summed E-state index contributed by atoms with van der Waals surface area (Å²) in [4.78, 5) is 2.06. The maximum Gasteiger partial charge on any atom is 0.416 e. The van der Waals surface area contributed by atoms with E-state index in [1.54, 1.807) is 37.4 Å². The molecule has 1 N–H and O–H groups in total. The number of hydrogen-bond acceptors (Lipinski definition) is 4. The number of rotatable bonds is 5. The Morgan fingerprint density at radius 2 is 1.67 bits per heavy atom. The fraction of sp³-hybridized carbons (Fsp3) is 0.400. The lowest BCUT2D eigenvalue weighted by Crippen LogP contribution is -2.45. The first-order valence-corrected chi connectivity index (χ1v) is 8.78. The van der Waals surface area contributed by atoms with E-state index in [9.17, 15) is 13.2 Å². The number of benzene rings is 2. The molecular weight excluding hydrogens is 357 g/mol. The van der Waals surface area contributed by atoms with Gasteiger partial charge in [0.05, 0.1) is 25.8 Å². The molecule has 3 rings (SSSR count). The third-order valence-corrected chi connectivity index (χ3v) is 4.81. The summed E-state index contributed by atoms with van der Waals surface area (Å²) in [7, 11) is 3.06. The molecule has 1 fully saturated rings. The zero-order valence-electron chi connectivity index (χ0n) is 15.3. The van der Waals surface area contributed by atoms with Crippen LogP contribution < -0.4 is 14.8 Å². The summed E-state index contributed by atoms with van der Waals surface area (Å²) in [6.07, 6.45) is -4.43. The SMILES string of the molecule is COc1ccc(C(c2ccccc2C(F)(F)F)N2CCNCC2)c(OC)c1. The van der Waals surface area contributed by atoms with Gasteiger partial charge in [-0.2, -0.15) is 13.2 Å². The lowest BCUT2D eigenvalue weighted by molar-refractivity contribution is -0.138. The van der Waals surface area contributed by atoms with Crippen LogP contribution in [0.15, 0.2) is 42.5 Å². The normalized spacial score (nSPS) is 16.8. The van der Waals surface area contributed by atoms with Crippen molar-refractivity contribution in [2.24, 2.45) is 0 Å². The van der Waals surface area contributed by atoms with Gasteiger partial charge in [0.2, 0.25) is 0 Å². The summed E-state index contributed by atoms with van der Waals surface area (Å²) in [5.41, 5.74) is 0.304. The monoisotopic (exact) mass is 380 g/mol. The minimum Gasteiger partial charge on any atom is -0.497 e. The molecule has 7 heteroatoms. The Labute approximate surface area is 156 Å². The first-order chi connectivity index (χ1) is 13.0. The van der Waals surface area contributed by atoms with Crippen LogP contribution in [0.25, 0.3) is 0 Å². The molecule has 0 radical (unpaired) electrons. The average molecular weight is 380 g/mol. The van der Waals surface area contributed by atoms with Gasteiger partial charge in [0.1, 0.15) is 11.5 Å². The van der Waals surface area contributed by atoms with Crippen molar-refractivity contribution >= 4 is 0 Å². The number of alkyl halides is 3. The van der Waals surface area contributed by atoms with Crippen molar-refractivity contribution in [1.82, 2.24) is 10.2 Å². The quantitative estimate of drug-likeness (QED) is 0.857. The Morgan fingerprint density at radius 3 is 2.30 bits per heavy atom. The highest BCUT2D eigenvalue weighted by Gasteiger charge is 2.38. The van der Waals surface area contributed by atoms with Gasteiger partial charge in [0.25, 0.3) is 0 Å². The Kier molecular flexibility index (Phi) is 5.92. The molecular formula is C20H23F3N2O2. The molecule has 0 amide bonds. The summed E-state index contributed by atoms with van der Waals surface area (Å²) in [6, 6.07) is 10.5. The summed E-state index contributed by atoms with van der Waals surface area (Å²) in [6.45, 7) is 2.74. The molecule has 0 bridgehead atoms. The van der Waals surface area contributed by atoms with Crippen LogP contribution in [-0.2, 0) is 6.18 Å². The van der Waals surface area contributed by atoms with Gasteiger partial charge in [-0.25, -0.2) is 0 Å². The fourth-order valence-corrected chi connectivity index (χ4v) is 3.54. The van der Waals surface area contributed by atoms with Crippen molar-refractivity contribution in [1.29, 1.82) is 0 Å². The second kappa shape index (κ2) is 8.19. The molecule has 4 nitrogen and oxygen atoms in total. The molecule has 1 aliphatic rings. The molecule has 2 aromatic carbocycles. The molecule has 1 heterocycles. The first-order valence-electron chi connectivity index (χ1n) is 8.78. The predicted octanol–water partition coefficient (Wildman–Crippen LogP) is 3.72. The highest BCUT2D eigenvalue weighted by molar-refractivity contribution is 5.48. The second-order valence-electron chi connectivity index (χ2n) is 6.38. The third-order valence-electron chi connectivity index (χ3n) is 4.81. The van der Waals surface area contributed by atoms with Crippen LogP contribution in [-0.4, -0.2) is 45.3 Å². The first kappa shape index (κ1) is 19.5. The van der Waals surface area contributed by atoms with Gasteiger partial charge in [-0.3, -0.25) is 4.90 Å². The van der Waals surface area contributed by atoms with Gasteiger partial charge in [-0.1, -0.05) is 18.2 Å². The molecule has 0 aromatic heterocycles. The third kappa shape index (κ3) is 4.20. The fourth-order valence-electron chi connectivity index (χ4n) is 3.54. The number of ether oxygens (including phenoxy) is 2. The molecule has 0 aliphatic carbocycles. The summed E-state index contributed by atoms with van der Waals surface area (Å²) in [5.74, 6) is 1.11. The van der Waals surface area contributed by atoms with E-state index in [-0.39, 0.29) is 5.56 Å². The number of methoxy groups -OCH3 is 2. The summed E-state index contributed by atoms with van der Waals surface area (Å²) < 4.78 is 51.9. The van der Waals surface area contributed by atoms with Crippen molar-refractivity contribution < 1.29 is 22.6 Å². The van der Waals surface area contributed by atoms with Gasteiger partial charge in [-0.15, -0.1) is 0 Å². The molecule has 1 aliphatic heterocycles. The minimum absolute atomic E-state index is 0.232. The maximum atomic E-state index is 13.7. The average Bonchev–Trinajstić information content (AvgIpc) is 2.69. The zero-order chi connectivity index (χ0) is 19.4. The largest absolute Gasteiger partial charge is 0.497 e. The highest BCUT2D eigenvalue weighted by atomic mass is 19.4. The lowest BCUT2D eigenvalue weighted by atomic mass is 9.91. The van der Waals surface area contributed by atoms with Gasteiger partial charge >= 0.3 is 6.18 Å². The topological polar surface area (TPSA) is 33.7 Å². The Morgan fingerprint density at radius 1 is 0.963 bits per heavy atom. The molecule has 146 valence electrons. The summed E-state index contributed by atoms with van der Waals surface area (Å²) >= 11 is 0. The van der Waals surface area contributed by atoms with Gasteiger partial charge < -0.3 is 14.8 Å². The van der Waals surface area contributed by atoms with Crippen LogP contribution in [0.2, 0.25) is 0 Å². The summed E-state index contributed by atoms with van der Waals surface area (Å²) in [5, 5.41) is 3.25. The van der Waals surface area contributed by atoms with Gasteiger partial charge in [-0.05, 0) is 23.8 Å². The van der Waals surface area contributed by atoms with E-state index in [1.807, 2.05) is 0 Å². The number of hydrogen-bond donors (Lipinski definition) is 1. The van der Waals surface area contributed by atoms with Crippen molar-refractivity contribution in [2.45, 2.75) is 12.2 Å². The van der Waals surface area contributed by atoms with E-state index < -0.39 is 17.8 Å². The lowest BCUT2D eigenvalue weighted by Gasteiger charge is -2.37. The molecule has 1 unspecified atom stereocenters. The Bertz CT molecular complexity index is 774. The van der Waals surface area contributed by atoms with Crippen LogP contribution in [0.5, 0.6) is 11.5 Å². The van der Waals surface area contributed by atoms with Crippen LogP contribution in [0.3, 0.4) is 0 Å². The molecule has 2 aromatic rings. The minimum atomic E-state index is -4.43. The standard InChI is InChI=1S/C20H23F3N2O2/c1-26-14-7-8-16(18(13-14)27-2)19(25-11-9-24-10-12-25)15-5-3-4-6-17(15)20(21,22)23/h3-8,13,19,24H,9-12H2,1-2H3. The van der Waals surface area contributed by atoms with Crippen molar-refractivity contribution in [3.8, 4) is 11.5 Å². The molecule has 0 saturated carbocycles. The molecule has 0 spiro atoms. The molecule has 1 saturated heterocycles. The smallest absolute Gasteiger partial charge is 0.416 e. The van der Waals surface area contributed by atoms with Crippen LogP contribution in [0, 0.1) is 0 Å². The van der Waals surface area contributed by atoms with Gasteiger partial charge in [0.15, 0.2) is 0 Å². The number of halogens is 3. The van der Waals surface area contributed by atoms with Gasteiger partial charge in [0, 0.05) is 37.8 Å². The Hall–Kier alpha value is -2.25. The van der Waals surface area contributed by atoms with Crippen molar-refractivity contribution in [3.63, 3.8) is 0 Å². The highest BCUT2D eigenvalue weighted by Crippen LogP contribution is 2.42. The second-order valence-corrected chi connectivity index (χ2v) is 6.38. The predicted molar refractivity (Wildman–Crippen MR) is 97.3 cm³/mol. The van der Waals surface area contributed by atoms with Crippen LogP contribution in [0.1, 0.15) is 22.7 Å². The van der Waals surface area contributed by atoms with E-state index in [2.05, 4.69) is 10.2 Å². The van der Waals surface area contributed by atoms with Crippen LogP contribution in [0.4, 0.5) is 13.2 Å². The van der Waals surface area contributed by atoms with E-state index in [0.29, 0.717) is 30.2 Å². The Balaban J connectivity index is 2.17. The van der Waals surface area contributed by atoms with Crippen molar-refractivity contribution in [3.05, 3.63) is 59.2 Å². The molecule has 1 atom stereocenters. The van der Waals surface area contributed by atoms with E-state index >= 15 is 0 Å². The molecule has 27 heavy (non-hydrogen) atoms. The van der Waals surface area contributed by atoms with Crippen LogP contribution >= 0.6 is 0 Å². The van der Waals surface area contributed by atoms with E-state index in [1.165, 1.54) is 13.2 Å². The number of nitrogens with zero attached hydrogens (tertiary/aromatic N) is 1. The van der Waals surface area contributed by atoms with E-state index in [4.69, 9.17) is 9.47 Å². The zero-order valence-corrected chi connectivity index (χ0v) is 15.3. The van der Waals surface area contributed by atoms with E-state index in [0.717, 1.165) is 19.2 Å². The number of piperazine rings is 1. The van der Waals surface area contributed by atoms with Crippen molar-refractivity contribution in [2.75, 3.05) is 40.4 Å². The maximum absolute atomic E-state index is 13.7.